The van der Waals surface area contributed by atoms with Crippen molar-refractivity contribution in [3.63, 3.8) is 0 Å². The fourth-order valence-corrected chi connectivity index (χ4v) is 8.02. The van der Waals surface area contributed by atoms with E-state index in [0.29, 0.717) is 11.8 Å². The molecule has 8 atom stereocenters. The van der Waals surface area contributed by atoms with Crippen LogP contribution in [0.3, 0.4) is 0 Å². The smallest absolute Gasteiger partial charge is 0.302 e. The highest BCUT2D eigenvalue weighted by molar-refractivity contribution is 5.76. The van der Waals surface area contributed by atoms with E-state index in [4.69, 9.17) is 10.5 Å². The molecule has 2 N–H and O–H groups in total. The number of primary amides is 1. The average Bonchev–Trinajstić information content (AvgIpc) is 2.98. The molecule has 0 aromatic heterocycles. The van der Waals surface area contributed by atoms with Crippen molar-refractivity contribution < 1.29 is 14.3 Å². The van der Waals surface area contributed by atoms with Gasteiger partial charge in [-0.15, -0.1) is 0 Å². The minimum Gasteiger partial charge on any atom is -0.462 e. The number of fused-ring (bicyclic) bond motifs is 5. The van der Waals surface area contributed by atoms with E-state index >= 15 is 0 Å². The van der Waals surface area contributed by atoms with E-state index in [1.54, 1.807) is 0 Å². The number of hydrogen-bond donors (Lipinski definition) is 1. The number of rotatable bonds is 3. The highest BCUT2D eigenvalue weighted by atomic mass is 16.5. The van der Waals surface area contributed by atoms with Crippen molar-refractivity contribution >= 4 is 11.9 Å². The summed E-state index contributed by atoms with van der Waals surface area (Å²) in [6, 6.07) is 0. The zero-order chi connectivity index (χ0) is 20.3. The molecule has 0 saturated heterocycles. The Balaban J connectivity index is 1.57. The molecule has 4 aliphatic rings. The molecule has 0 bridgehead atoms. The Labute approximate surface area is 169 Å². The molecule has 0 aromatic rings. The van der Waals surface area contributed by atoms with E-state index in [0.717, 1.165) is 43.9 Å². The number of amides is 1. The minimum absolute atomic E-state index is 0.0176. The van der Waals surface area contributed by atoms with Crippen molar-refractivity contribution in [3.05, 3.63) is 11.6 Å². The van der Waals surface area contributed by atoms with Crippen LogP contribution in [0, 0.1) is 40.4 Å². The van der Waals surface area contributed by atoms with Crippen molar-refractivity contribution in [1.82, 2.24) is 0 Å². The molecule has 0 aromatic carbocycles. The normalized spacial score (nSPS) is 45.9. The van der Waals surface area contributed by atoms with Crippen LogP contribution in [0.5, 0.6) is 0 Å². The summed E-state index contributed by atoms with van der Waals surface area (Å²) in [7, 11) is 0. The van der Waals surface area contributed by atoms with Gasteiger partial charge in [0.15, 0.2) is 0 Å². The summed E-state index contributed by atoms with van der Waals surface area (Å²) in [4.78, 5) is 23.3. The summed E-state index contributed by atoms with van der Waals surface area (Å²) in [5, 5.41) is 0. The Bertz CT molecular complexity index is 700. The van der Waals surface area contributed by atoms with Gasteiger partial charge >= 0.3 is 5.97 Å². The number of ether oxygens (including phenoxy) is 1. The zero-order valence-corrected chi connectivity index (χ0v) is 18.0. The molecule has 1 amide bonds. The molecule has 4 nitrogen and oxygen atoms in total. The minimum atomic E-state index is -0.156. The topological polar surface area (TPSA) is 69.4 Å². The van der Waals surface area contributed by atoms with E-state index < -0.39 is 0 Å². The summed E-state index contributed by atoms with van der Waals surface area (Å²) in [6.07, 6.45) is 11.6. The SMILES string of the molecule is CC(=O)O[C@@H]1CC[C@@]2(C)C(=CC[C@H]3[C@@H]4CC[C@H]([C@H](C)C(N)=O)[C@@]4(C)CC[C@@H]32)C1. The molecule has 4 heteroatoms. The lowest BCUT2D eigenvalue weighted by atomic mass is 9.47. The first-order valence-electron chi connectivity index (χ1n) is 11.3. The van der Waals surface area contributed by atoms with Crippen molar-refractivity contribution in [2.24, 2.45) is 46.2 Å². The molecule has 3 fully saturated rings. The molecule has 0 heterocycles. The molecular weight excluding hydrogens is 350 g/mol. The second kappa shape index (κ2) is 6.88. The summed E-state index contributed by atoms with van der Waals surface area (Å²) < 4.78 is 5.55. The maximum absolute atomic E-state index is 11.9. The predicted octanol–water partition coefficient (Wildman–Crippen LogP) is 4.62. The van der Waals surface area contributed by atoms with Gasteiger partial charge in [-0.1, -0.05) is 32.4 Å². The fraction of sp³-hybridized carbons (Fsp3) is 0.833. The van der Waals surface area contributed by atoms with Gasteiger partial charge in [-0.3, -0.25) is 9.59 Å². The number of allylic oxidation sites excluding steroid dienone is 1. The summed E-state index contributed by atoms with van der Waals surface area (Å²) >= 11 is 0. The lowest BCUT2D eigenvalue weighted by molar-refractivity contribution is -0.148. The predicted molar refractivity (Wildman–Crippen MR) is 109 cm³/mol. The molecule has 0 radical (unpaired) electrons. The van der Waals surface area contributed by atoms with E-state index in [9.17, 15) is 9.59 Å². The molecule has 28 heavy (non-hydrogen) atoms. The maximum Gasteiger partial charge on any atom is 0.302 e. The summed E-state index contributed by atoms with van der Waals surface area (Å²) in [6.45, 7) is 8.48. The third-order valence-corrected chi connectivity index (χ3v) is 9.52. The standard InChI is InChI=1S/C24H37NO3/c1-14(22(25)27)19-7-8-20-18-6-5-16-13-17(28-15(2)26)9-11-23(16,3)21(18)10-12-24(19,20)4/h5,14,17-21H,6-13H2,1-4H3,(H2,25,27)/t14-,17+,18-,19+,20-,21-,23-,24+/m0/s1. The third kappa shape index (κ3) is 2.93. The first-order chi connectivity index (χ1) is 13.2. The van der Waals surface area contributed by atoms with Gasteiger partial charge in [0.25, 0.3) is 0 Å². The number of carbonyl (C=O) groups is 2. The third-order valence-electron chi connectivity index (χ3n) is 9.52. The van der Waals surface area contributed by atoms with Crippen LogP contribution in [0.2, 0.25) is 0 Å². The Morgan fingerprint density at radius 1 is 1.14 bits per heavy atom. The van der Waals surface area contributed by atoms with Gasteiger partial charge in [-0.2, -0.15) is 0 Å². The largest absolute Gasteiger partial charge is 0.462 e. The van der Waals surface area contributed by atoms with Gasteiger partial charge in [-0.05, 0) is 79.4 Å². The van der Waals surface area contributed by atoms with E-state index in [2.05, 4.69) is 19.9 Å². The second-order valence-electron chi connectivity index (χ2n) is 10.7. The molecule has 0 aliphatic heterocycles. The van der Waals surface area contributed by atoms with Crippen LogP contribution in [0.4, 0.5) is 0 Å². The molecule has 0 spiro atoms. The van der Waals surface area contributed by atoms with Gasteiger partial charge < -0.3 is 10.5 Å². The van der Waals surface area contributed by atoms with Crippen LogP contribution in [-0.4, -0.2) is 18.0 Å². The lowest BCUT2D eigenvalue weighted by Crippen LogP contribution is -2.51. The first-order valence-corrected chi connectivity index (χ1v) is 11.3. The van der Waals surface area contributed by atoms with Crippen molar-refractivity contribution in [2.45, 2.75) is 85.2 Å². The van der Waals surface area contributed by atoms with Crippen LogP contribution in [-0.2, 0) is 14.3 Å². The van der Waals surface area contributed by atoms with Gasteiger partial charge in [0.2, 0.25) is 5.91 Å². The fourth-order valence-electron chi connectivity index (χ4n) is 8.02. The molecule has 3 saturated carbocycles. The van der Waals surface area contributed by atoms with Gasteiger partial charge in [0.1, 0.15) is 6.10 Å². The lowest BCUT2D eigenvalue weighted by Gasteiger charge is -2.58. The molecule has 0 unspecified atom stereocenters. The van der Waals surface area contributed by atoms with Crippen molar-refractivity contribution in [2.75, 3.05) is 0 Å². The molecule has 4 rings (SSSR count). The van der Waals surface area contributed by atoms with Gasteiger partial charge in [0, 0.05) is 19.3 Å². The van der Waals surface area contributed by atoms with E-state index in [1.165, 1.54) is 31.8 Å². The Morgan fingerprint density at radius 3 is 2.57 bits per heavy atom. The molecular formula is C24H37NO3. The quantitative estimate of drug-likeness (QED) is 0.567. The Kier molecular flexibility index (Phi) is 4.91. The number of esters is 1. The highest BCUT2D eigenvalue weighted by Gasteiger charge is 2.59. The number of carbonyl (C=O) groups excluding carboxylic acids is 2. The molecule has 156 valence electrons. The molecule has 4 aliphatic carbocycles. The van der Waals surface area contributed by atoms with Gasteiger partial charge in [-0.25, -0.2) is 0 Å². The number of hydrogen-bond acceptors (Lipinski definition) is 3. The van der Waals surface area contributed by atoms with E-state index in [-0.39, 0.29) is 34.7 Å². The maximum atomic E-state index is 11.9. The highest BCUT2D eigenvalue weighted by Crippen LogP contribution is 2.67. The van der Waals surface area contributed by atoms with Crippen LogP contribution < -0.4 is 5.73 Å². The zero-order valence-electron chi connectivity index (χ0n) is 18.0. The first kappa shape index (κ1) is 20.0. The van der Waals surface area contributed by atoms with Crippen molar-refractivity contribution in [1.29, 1.82) is 0 Å². The number of nitrogens with two attached hydrogens (primary N) is 1. The average molecular weight is 388 g/mol. The summed E-state index contributed by atoms with van der Waals surface area (Å²) in [5.41, 5.74) is 7.75. The van der Waals surface area contributed by atoms with Crippen LogP contribution >= 0.6 is 0 Å². The van der Waals surface area contributed by atoms with Crippen molar-refractivity contribution in [3.8, 4) is 0 Å². The van der Waals surface area contributed by atoms with Gasteiger partial charge in [0.05, 0.1) is 0 Å². The Morgan fingerprint density at radius 2 is 1.89 bits per heavy atom. The van der Waals surface area contributed by atoms with Crippen LogP contribution in [0.25, 0.3) is 0 Å². The Hall–Kier alpha value is -1.32. The van der Waals surface area contributed by atoms with Crippen LogP contribution in [0.15, 0.2) is 11.6 Å². The van der Waals surface area contributed by atoms with E-state index in [1.807, 2.05) is 6.92 Å². The van der Waals surface area contributed by atoms with Crippen LogP contribution in [0.1, 0.15) is 79.1 Å². The second-order valence-corrected chi connectivity index (χ2v) is 10.7. The summed E-state index contributed by atoms with van der Waals surface area (Å²) in [5.74, 6) is 2.30. The monoisotopic (exact) mass is 387 g/mol.